The molecule has 3 rings (SSSR count). The molecule has 5 heteroatoms. The van der Waals surface area contributed by atoms with Crippen molar-refractivity contribution in [2.75, 3.05) is 0 Å². The fraction of sp³-hybridized carbons (Fsp3) is 0.263. The molecule has 0 spiro atoms. The lowest BCUT2D eigenvalue weighted by Crippen LogP contribution is -2.20. The van der Waals surface area contributed by atoms with Gasteiger partial charge in [0.25, 0.3) is 0 Å². The average Bonchev–Trinajstić information content (AvgIpc) is 2.64. The highest BCUT2D eigenvalue weighted by atomic mass is 19.1. The van der Waals surface area contributed by atoms with Gasteiger partial charge in [0.05, 0.1) is 0 Å². The van der Waals surface area contributed by atoms with Crippen molar-refractivity contribution in [1.82, 2.24) is 0 Å². The second-order valence-electron chi connectivity index (χ2n) is 4.40. The van der Waals surface area contributed by atoms with Gasteiger partial charge in [0.1, 0.15) is 12.4 Å². The Labute approximate surface area is 141 Å². The molecule has 4 nitrogen and oxygen atoms in total. The second-order valence-corrected chi connectivity index (χ2v) is 4.40. The van der Waals surface area contributed by atoms with Gasteiger partial charge in [-0.2, -0.15) is 0 Å². The Hall–Kier alpha value is -2.69. The molecule has 0 unspecified atom stereocenters. The van der Waals surface area contributed by atoms with Crippen LogP contribution in [-0.4, -0.2) is 16.8 Å². The third kappa shape index (κ3) is 4.41. The van der Waals surface area contributed by atoms with Crippen molar-refractivity contribution in [3.8, 4) is 11.1 Å². The molecule has 24 heavy (non-hydrogen) atoms. The Morgan fingerprint density at radius 3 is 2.21 bits per heavy atom. The summed E-state index contributed by atoms with van der Waals surface area (Å²) in [5.74, 6) is -1.42. The van der Waals surface area contributed by atoms with Crippen LogP contribution in [0.4, 0.5) is 4.39 Å². The van der Waals surface area contributed by atoms with E-state index in [1.54, 1.807) is 24.3 Å². The lowest BCUT2D eigenvalue weighted by atomic mass is 9.96. The van der Waals surface area contributed by atoms with Gasteiger partial charge in [0.15, 0.2) is 5.71 Å². The summed E-state index contributed by atoms with van der Waals surface area (Å²) in [4.78, 5) is 16.0. The van der Waals surface area contributed by atoms with Crippen LogP contribution in [0.2, 0.25) is 0 Å². The predicted molar refractivity (Wildman–Crippen MR) is 93.5 cm³/mol. The number of oxime groups is 1. The molecule has 2 aromatic rings. The molecule has 2 aromatic carbocycles. The van der Waals surface area contributed by atoms with Crippen molar-refractivity contribution >= 4 is 11.7 Å². The molecule has 1 aliphatic rings. The number of hydrogen-bond donors (Lipinski definition) is 1. The first-order valence-corrected chi connectivity index (χ1v) is 7.97. The number of fused-ring (bicyclic) bond motifs is 1. The molecule has 0 saturated heterocycles. The second kappa shape index (κ2) is 9.45. The standard InChI is InChI=1S/C15H10FNO3.2C2H6/c16-12-4-1-9(2-5-12)10-3-6-13-11(7-10)8-20-17-14(13)15(18)19;2*1-2/h1-7H,8H2,(H,18,19);2*1-2H3. The number of halogens is 1. The maximum atomic E-state index is 12.9. The molecule has 0 fully saturated rings. The first-order chi connectivity index (χ1) is 11.6. The van der Waals surface area contributed by atoms with E-state index >= 15 is 0 Å². The van der Waals surface area contributed by atoms with E-state index in [1.807, 2.05) is 33.8 Å². The smallest absolute Gasteiger partial charge is 0.358 e. The third-order valence-corrected chi connectivity index (χ3v) is 3.12. The molecular weight excluding hydrogens is 309 g/mol. The summed E-state index contributed by atoms with van der Waals surface area (Å²) in [5.41, 5.74) is 2.93. The van der Waals surface area contributed by atoms with E-state index in [-0.39, 0.29) is 18.1 Å². The van der Waals surface area contributed by atoms with Crippen molar-refractivity contribution < 1.29 is 19.1 Å². The monoisotopic (exact) mass is 331 g/mol. The maximum Gasteiger partial charge on any atom is 0.358 e. The average molecular weight is 331 g/mol. The highest BCUT2D eigenvalue weighted by Crippen LogP contribution is 2.25. The number of benzene rings is 2. The van der Waals surface area contributed by atoms with Crippen LogP contribution in [0.3, 0.4) is 0 Å². The van der Waals surface area contributed by atoms with Gasteiger partial charge in [0.2, 0.25) is 0 Å². The number of carboxylic acids is 1. The summed E-state index contributed by atoms with van der Waals surface area (Å²) in [7, 11) is 0. The lowest BCUT2D eigenvalue weighted by Gasteiger charge is -2.15. The van der Waals surface area contributed by atoms with Crippen molar-refractivity contribution in [2.45, 2.75) is 34.3 Å². The molecule has 0 bridgehead atoms. The molecule has 1 N–H and O–H groups in total. The van der Waals surface area contributed by atoms with Gasteiger partial charge < -0.3 is 9.94 Å². The van der Waals surface area contributed by atoms with E-state index < -0.39 is 5.97 Å². The van der Waals surface area contributed by atoms with Crippen LogP contribution in [0, 0.1) is 5.82 Å². The minimum absolute atomic E-state index is 0.100. The van der Waals surface area contributed by atoms with Crippen molar-refractivity contribution in [3.63, 3.8) is 0 Å². The Morgan fingerprint density at radius 1 is 1.04 bits per heavy atom. The van der Waals surface area contributed by atoms with Crippen molar-refractivity contribution in [3.05, 3.63) is 59.4 Å². The molecule has 0 atom stereocenters. The van der Waals surface area contributed by atoms with E-state index in [2.05, 4.69) is 5.16 Å². The number of aliphatic carboxylic acids is 1. The summed E-state index contributed by atoms with van der Waals surface area (Å²) >= 11 is 0. The first kappa shape index (κ1) is 19.4. The van der Waals surface area contributed by atoms with Gasteiger partial charge in [-0.25, -0.2) is 9.18 Å². The molecule has 0 aromatic heterocycles. The Balaban J connectivity index is 0.000000671. The van der Waals surface area contributed by atoms with Crippen molar-refractivity contribution in [2.24, 2.45) is 5.16 Å². The summed E-state index contributed by atoms with van der Waals surface area (Å²) in [6, 6.07) is 11.4. The highest BCUT2D eigenvalue weighted by molar-refractivity contribution is 6.42. The van der Waals surface area contributed by atoms with E-state index in [4.69, 9.17) is 9.94 Å². The lowest BCUT2D eigenvalue weighted by molar-refractivity contribution is -0.129. The van der Waals surface area contributed by atoms with Crippen LogP contribution in [-0.2, 0) is 16.2 Å². The zero-order valence-corrected chi connectivity index (χ0v) is 14.3. The topological polar surface area (TPSA) is 58.9 Å². The van der Waals surface area contributed by atoms with Crippen LogP contribution in [0.5, 0.6) is 0 Å². The maximum absolute atomic E-state index is 12.9. The molecule has 1 heterocycles. The zero-order chi connectivity index (χ0) is 18.1. The Kier molecular flexibility index (Phi) is 7.62. The molecular formula is C19H22FNO3. The highest BCUT2D eigenvalue weighted by Gasteiger charge is 2.21. The first-order valence-electron chi connectivity index (χ1n) is 7.97. The van der Waals surface area contributed by atoms with E-state index in [1.165, 1.54) is 12.1 Å². The molecule has 0 saturated carbocycles. The summed E-state index contributed by atoms with van der Waals surface area (Å²) < 4.78 is 12.9. The van der Waals surface area contributed by atoms with Crippen molar-refractivity contribution in [1.29, 1.82) is 0 Å². The zero-order valence-electron chi connectivity index (χ0n) is 14.3. The van der Waals surface area contributed by atoms with E-state index in [0.29, 0.717) is 5.56 Å². The summed E-state index contributed by atoms with van der Waals surface area (Å²) in [6.45, 7) is 8.22. The normalized spacial score (nSPS) is 11.5. The molecule has 0 radical (unpaired) electrons. The van der Waals surface area contributed by atoms with E-state index in [9.17, 15) is 9.18 Å². The fourth-order valence-corrected chi connectivity index (χ4v) is 2.14. The minimum Gasteiger partial charge on any atom is -0.476 e. The van der Waals surface area contributed by atoms with Gasteiger partial charge in [-0.15, -0.1) is 0 Å². The van der Waals surface area contributed by atoms with Gasteiger partial charge in [-0.3, -0.25) is 0 Å². The number of carboxylic acid groups (broad SMARTS) is 1. The van der Waals surface area contributed by atoms with Gasteiger partial charge in [-0.1, -0.05) is 57.1 Å². The van der Waals surface area contributed by atoms with E-state index in [0.717, 1.165) is 16.7 Å². The third-order valence-electron chi connectivity index (χ3n) is 3.12. The van der Waals surface area contributed by atoms with Gasteiger partial charge >= 0.3 is 5.97 Å². The summed E-state index contributed by atoms with van der Waals surface area (Å²) in [5, 5.41) is 12.6. The Bertz CT molecular complexity index is 709. The fourth-order valence-electron chi connectivity index (χ4n) is 2.14. The van der Waals surface area contributed by atoms with Crippen LogP contribution >= 0.6 is 0 Å². The summed E-state index contributed by atoms with van der Waals surface area (Å²) in [6.07, 6.45) is 0. The number of rotatable bonds is 2. The predicted octanol–water partition coefficient (Wildman–Crippen LogP) is 4.86. The number of nitrogens with zero attached hydrogens (tertiary/aromatic N) is 1. The van der Waals surface area contributed by atoms with Crippen LogP contribution in [0.15, 0.2) is 47.6 Å². The van der Waals surface area contributed by atoms with Crippen LogP contribution < -0.4 is 0 Å². The van der Waals surface area contributed by atoms with Gasteiger partial charge in [0, 0.05) is 11.1 Å². The molecule has 0 amide bonds. The minimum atomic E-state index is -1.12. The quantitative estimate of drug-likeness (QED) is 0.854. The van der Waals surface area contributed by atoms with Crippen LogP contribution in [0.25, 0.3) is 11.1 Å². The number of carbonyl (C=O) groups is 1. The molecule has 1 aliphatic heterocycles. The van der Waals surface area contributed by atoms with Crippen LogP contribution in [0.1, 0.15) is 38.8 Å². The van der Waals surface area contributed by atoms with Gasteiger partial charge in [-0.05, 0) is 29.3 Å². The molecule has 0 aliphatic carbocycles. The molecule has 128 valence electrons. The SMILES string of the molecule is CC.CC.O=C(O)C1=NOCc2cc(-c3ccc(F)cc3)ccc21. The number of hydrogen-bond acceptors (Lipinski definition) is 3. The Morgan fingerprint density at radius 2 is 1.62 bits per heavy atom. The largest absolute Gasteiger partial charge is 0.476 e.